The molecule has 0 saturated carbocycles. The molecule has 1 saturated heterocycles. The van der Waals surface area contributed by atoms with Crippen LogP contribution in [0.4, 0.5) is 0 Å². The molecule has 0 aliphatic carbocycles. The van der Waals surface area contributed by atoms with E-state index in [1.807, 2.05) is 0 Å². The van der Waals surface area contributed by atoms with Crippen molar-refractivity contribution in [3.63, 3.8) is 0 Å². The molecule has 9 nitrogen and oxygen atoms in total. The number of thioether (sulfide) groups is 1. The van der Waals surface area contributed by atoms with Gasteiger partial charge in [0, 0.05) is 30.2 Å². The highest BCUT2D eigenvalue weighted by Gasteiger charge is 2.31. The molecule has 0 bridgehead atoms. The number of methoxy groups -OCH3 is 2. The van der Waals surface area contributed by atoms with Gasteiger partial charge >= 0.3 is 0 Å². The van der Waals surface area contributed by atoms with Gasteiger partial charge in [-0.1, -0.05) is 0 Å². The number of hydrazine groups is 1. The first-order valence-electron chi connectivity index (χ1n) is 8.86. The summed E-state index contributed by atoms with van der Waals surface area (Å²) in [5, 5.41) is 1.54. The number of carbonyl (C=O) groups excluding carboxylic acids is 2. The lowest BCUT2D eigenvalue weighted by molar-refractivity contribution is 0.0847. The van der Waals surface area contributed by atoms with Crippen molar-refractivity contribution >= 4 is 44.9 Å². The normalized spacial score (nSPS) is 14.7. The lowest BCUT2D eigenvalue weighted by Gasteiger charge is -2.25. The zero-order valence-corrected chi connectivity index (χ0v) is 18.8. The lowest BCUT2D eigenvalue weighted by Crippen LogP contribution is -2.42. The Morgan fingerprint density at radius 2 is 1.67 bits per heavy atom. The first-order valence-corrected chi connectivity index (χ1v) is 12.3. The van der Waals surface area contributed by atoms with E-state index in [0.29, 0.717) is 36.1 Å². The molecule has 2 amide bonds. The molecule has 2 N–H and O–H groups in total. The van der Waals surface area contributed by atoms with Gasteiger partial charge in [-0.2, -0.15) is 16.1 Å². The predicted molar refractivity (Wildman–Crippen MR) is 115 cm³/mol. The number of rotatable bonds is 6. The number of ether oxygens (including phenoxy) is 2. The molecule has 0 spiro atoms. The average molecular weight is 472 g/mol. The fourth-order valence-corrected chi connectivity index (χ4v) is 6.68. The number of benzene rings is 1. The van der Waals surface area contributed by atoms with E-state index < -0.39 is 21.8 Å². The molecule has 162 valence electrons. The van der Waals surface area contributed by atoms with Crippen molar-refractivity contribution in [2.24, 2.45) is 0 Å². The Balaban J connectivity index is 1.70. The van der Waals surface area contributed by atoms with Crippen LogP contribution in [-0.2, 0) is 10.0 Å². The van der Waals surface area contributed by atoms with Crippen molar-refractivity contribution in [3.8, 4) is 11.5 Å². The van der Waals surface area contributed by atoms with Crippen LogP contribution in [0.2, 0.25) is 0 Å². The van der Waals surface area contributed by atoms with Crippen LogP contribution in [0.15, 0.2) is 34.5 Å². The van der Waals surface area contributed by atoms with Crippen molar-refractivity contribution in [2.45, 2.75) is 4.90 Å². The van der Waals surface area contributed by atoms with E-state index in [4.69, 9.17) is 9.47 Å². The van der Waals surface area contributed by atoms with Crippen LogP contribution in [0.3, 0.4) is 0 Å². The number of carbonyl (C=O) groups is 2. The summed E-state index contributed by atoms with van der Waals surface area (Å²) in [6.45, 7) is 0.805. The second kappa shape index (κ2) is 9.69. The number of hydrogen-bond acceptors (Lipinski definition) is 8. The highest BCUT2D eigenvalue weighted by molar-refractivity contribution is 7.99. The Morgan fingerprint density at radius 1 is 1.00 bits per heavy atom. The number of thiophene rings is 1. The summed E-state index contributed by atoms with van der Waals surface area (Å²) in [7, 11) is -0.850. The van der Waals surface area contributed by atoms with E-state index in [1.54, 1.807) is 17.8 Å². The third-order valence-corrected chi connectivity index (χ3v) is 8.28. The van der Waals surface area contributed by atoms with Crippen LogP contribution in [0.25, 0.3) is 0 Å². The van der Waals surface area contributed by atoms with E-state index in [9.17, 15) is 18.0 Å². The Kier molecular flexibility index (Phi) is 7.23. The Labute approximate surface area is 182 Å². The highest BCUT2D eigenvalue weighted by Crippen LogP contribution is 2.28. The molecular weight excluding hydrogens is 450 g/mol. The minimum Gasteiger partial charge on any atom is -0.493 e. The maximum atomic E-state index is 12.9. The lowest BCUT2D eigenvalue weighted by atomic mass is 10.2. The monoisotopic (exact) mass is 471 g/mol. The van der Waals surface area contributed by atoms with Crippen molar-refractivity contribution in [2.75, 3.05) is 38.8 Å². The van der Waals surface area contributed by atoms with Gasteiger partial charge in [-0.3, -0.25) is 20.4 Å². The van der Waals surface area contributed by atoms with Gasteiger partial charge in [0.05, 0.1) is 14.2 Å². The minimum atomic E-state index is -3.78. The van der Waals surface area contributed by atoms with Crippen LogP contribution in [-0.4, -0.2) is 63.4 Å². The van der Waals surface area contributed by atoms with Crippen molar-refractivity contribution in [1.82, 2.24) is 15.2 Å². The van der Waals surface area contributed by atoms with Gasteiger partial charge in [0.2, 0.25) is 10.0 Å². The van der Waals surface area contributed by atoms with E-state index >= 15 is 0 Å². The van der Waals surface area contributed by atoms with Crippen LogP contribution >= 0.6 is 23.1 Å². The Bertz CT molecular complexity index is 1030. The number of amides is 2. The van der Waals surface area contributed by atoms with Crippen molar-refractivity contribution in [1.29, 1.82) is 0 Å². The third-order valence-electron chi connectivity index (χ3n) is 4.36. The van der Waals surface area contributed by atoms with Crippen LogP contribution in [0.1, 0.15) is 20.0 Å². The molecule has 1 aromatic heterocycles. The summed E-state index contributed by atoms with van der Waals surface area (Å²) in [5.74, 6) is 0.964. The van der Waals surface area contributed by atoms with E-state index in [1.165, 1.54) is 42.1 Å². The molecule has 12 heteroatoms. The number of sulfonamides is 1. The second-order valence-corrected chi connectivity index (χ2v) is 10.2. The quantitative estimate of drug-likeness (QED) is 0.615. The van der Waals surface area contributed by atoms with Crippen molar-refractivity contribution in [3.05, 3.63) is 40.1 Å². The zero-order valence-electron chi connectivity index (χ0n) is 16.3. The van der Waals surface area contributed by atoms with E-state index in [0.717, 1.165) is 11.3 Å². The molecule has 1 fully saturated rings. The van der Waals surface area contributed by atoms with Gasteiger partial charge in [0.25, 0.3) is 11.8 Å². The predicted octanol–water partition coefficient (Wildman–Crippen LogP) is 1.58. The van der Waals surface area contributed by atoms with Crippen molar-refractivity contribution < 1.29 is 27.5 Å². The van der Waals surface area contributed by atoms with Crippen LogP contribution in [0, 0.1) is 0 Å². The van der Waals surface area contributed by atoms with Gasteiger partial charge in [0.1, 0.15) is 9.77 Å². The SMILES string of the molecule is COc1ccc(C(=O)NNC(=O)c2sccc2S(=O)(=O)N2CCSCC2)cc1OC. The fourth-order valence-electron chi connectivity index (χ4n) is 2.81. The van der Waals surface area contributed by atoms with E-state index in [2.05, 4.69) is 10.9 Å². The molecule has 1 aromatic carbocycles. The zero-order chi connectivity index (χ0) is 21.7. The maximum Gasteiger partial charge on any atom is 0.281 e. The molecule has 2 aromatic rings. The fraction of sp³-hybridized carbons (Fsp3) is 0.333. The molecule has 0 radical (unpaired) electrons. The van der Waals surface area contributed by atoms with Gasteiger partial charge in [-0.05, 0) is 29.6 Å². The molecule has 3 rings (SSSR count). The molecule has 0 atom stereocenters. The van der Waals surface area contributed by atoms with Gasteiger partial charge in [-0.25, -0.2) is 8.42 Å². The van der Waals surface area contributed by atoms with Crippen LogP contribution < -0.4 is 20.3 Å². The second-order valence-electron chi connectivity index (χ2n) is 6.11. The third kappa shape index (κ3) is 4.72. The molecular formula is C18H21N3O6S3. The molecule has 1 aliphatic rings. The van der Waals surface area contributed by atoms with Gasteiger partial charge in [-0.15, -0.1) is 11.3 Å². The summed E-state index contributed by atoms with van der Waals surface area (Å²) in [4.78, 5) is 24.9. The largest absolute Gasteiger partial charge is 0.493 e. The number of hydrogen-bond donors (Lipinski definition) is 2. The molecule has 1 aliphatic heterocycles. The summed E-state index contributed by atoms with van der Waals surface area (Å²) in [6, 6.07) is 5.96. The Morgan fingerprint density at radius 3 is 2.33 bits per heavy atom. The summed E-state index contributed by atoms with van der Waals surface area (Å²) < 4.78 is 37.5. The molecule has 30 heavy (non-hydrogen) atoms. The molecule has 0 unspecified atom stereocenters. The first kappa shape index (κ1) is 22.4. The summed E-state index contributed by atoms with van der Waals surface area (Å²) >= 11 is 2.69. The van der Waals surface area contributed by atoms with Crippen LogP contribution in [0.5, 0.6) is 11.5 Å². The first-order chi connectivity index (χ1) is 14.4. The maximum absolute atomic E-state index is 12.9. The average Bonchev–Trinajstić information content (AvgIpc) is 3.28. The highest BCUT2D eigenvalue weighted by atomic mass is 32.2. The topological polar surface area (TPSA) is 114 Å². The number of nitrogens with zero attached hydrogens (tertiary/aromatic N) is 1. The molecule has 2 heterocycles. The standard InChI is InChI=1S/C18H21N3O6S3/c1-26-13-4-3-12(11-14(13)27-2)17(22)19-20-18(23)16-15(5-8-29-16)30(24,25)21-6-9-28-10-7-21/h3-5,8,11H,6-7,9-10H2,1-2H3,(H,19,22)(H,20,23). The summed E-state index contributed by atoms with van der Waals surface area (Å²) in [5.41, 5.74) is 4.81. The van der Waals surface area contributed by atoms with Gasteiger partial charge in [0.15, 0.2) is 11.5 Å². The Hall–Kier alpha value is -2.28. The number of nitrogens with one attached hydrogen (secondary N) is 2. The van der Waals surface area contributed by atoms with E-state index in [-0.39, 0.29) is 15.3 Å². The smallest absolute Gasteiger partial charge is 0.281 e. The minimum absolute atomic E-state index is 0.0147. The van der Waals surface area contributed by atoms with Gasteiger partial charge < -0.3 is 9.47 Å². The summed E-state index contributed by atoms with van der Waals surface area (Å²) in [6.07, 6.45) is 0.